The molecule has 0 atom stereocenters. The van der Waals surface area contributed by atoms with Crippen LogP contribution in [0, 0.1) is 6.92 Å². The fraction of sp³-hybridized carbons (Fsp3) is 0.500. The molecule has 0 N–H and O–H groups in total. The fourth-order valence-electron chi connectivity index (χ4n) is 1.72. The lowest BCUT2D eigenvalue weighted by Gasteiger charge is -2.21. The number of nitrogens with zero attached hydrogens (tertiary/aromatic N) is 1. The van der Waals surface area contributed by atoms with E-state index in [9.17, 15) is 9.59 Å². The molecule has 0 radical (unpaired) electrons. The van der Waals surface area contributed by atoms with Crippen LogP contribution in [0.2, 0.25) is 0 Å². The van der Waals surface area contributed by atoms with Gasteiger partial charge in [0.2, 0.25) is 0 Å². The maximum absolute atomic E-state index is 12.6. The number of hydrogen-bond acceptors (Lipinski definition) is 5. The first-order valence-corrected chi connectivity index (χ1v) is 8.13. The lowest BCUT2D eigenvalue weighted by molar-refractivity contribution is -0.578. The zero-order chi connectivity index (χ0) is 18.7. The van der Waals surface area contributed by atoms with E-state index < -0.39 is 23.1 Å². The van der Waals surface area contributed by atoms with Crippen LogP contribution in [0.15, 0.2) is 29.4 Å². The maximum Gasteiger partial charge on any atom is 0.406 e. The van der Waals surface area contributed by atoms with Crippen LogP contribution in [0.1, 0.15) is 47.1 Å². The van der Waals surface area contributed by atoms with Gasteiger partial charge in [0, 0.05) is 12.1 Å². The number of pyridine rings is 1. The molecule has 1 rings (SSSR count). The van der Waals surface area contributed by atoms with Crippen LogP contribution in [-0.4, -0.2) is 23.1 Å². The molecule has 0 saturated carbocycles. The van der Waals surface area contributed by atoms with E-state index in [1.165, 1.54) is 4.57 Å². The Morgan fingerprint density at radius 3 is 1.75 bits per heavy atom. The first-order chi connectivity index (χ1) is 10.8. The molecule has 5 nitrogen and oxygen atoms in total. The smallest absolute Gasteiger partial charge is 0.406 e. The molecule has 0 spiro atoms. The molecule has 0 bridgehead atoms. The number of rotatable bonds is 3. The summed E-state index contributed by atoms with van der Waals surface area (Å²) in [5.41, 5.74) is -0.354. The summed E-state index contributed by atoms with van der Waals surface area (Å²) >= 11 is 4.24. The third-order valence-electron chi connectivity index (χ3n) is 2.66. The minimum Gasteiger partial charge on any atom is -0.456 e. The average molecular weight is 352 g/mol. The van der Waals surface area contributed by atoms with Gasteiger partial charge in [0.1, 0.15) is 11.2 Å². The standard InChI is InChI=1S/C18H25NO4S/c1-12-8-10-19(11-9-12)13(15(20)22-17(2,3)4)14(24)16(21)23-18(5,6)7/h8-11H,1-7H3/p+1. The summed E-state index contributed by atoms with van der Waals surface area (Å²) in [5.74, 6) is -1.33. The highest BCUT2D eigenvalue weighted by atomic mass is 32.1. The van der Waals surface area contributed by atoms with Gasteiger partial charge in [0.15, 0.2) is 17.3 Å². The molecular weight excluding hydrogens is 326 g/mol. The first kappa shape index (κ1) is 20.2. The van der Waals surface area contributed by atoms with Crippen molar-refractivity contribution in [1.29, 1.82) is 0 Å². The topological polar surface area (TPSA) is 56.5 Å². The highest BCUT2D eigenvalue weighted by Crippen LogP contribution is 2.20. The minimum atomic E-state index is -0.699. The molecule has 24 heavy (non-hydrogen) atoms. The molecule has 132 valence electrons. The predicted molar refractivity (Wildman–Crippen MR) is 95.3 cm³/mol. The van der Waals surface area contributed by atoms with Gasteiger partial charge in [-0.3, -0.25) is 0 Å². The van der Waals surface area contributed by atoms with E-state index >= 15 is 0 Å². The molecule has 0 amide bonds. The van der Waals surface area contributed by atoms with Crippen LogP contribution in [-0.2, 0) is 19.1 Å². The number of aromatic nitrogens is 1. The third-order valence-corrected chi connectivity index (χ3v) is 3.06. The molecule has 0 aromatic carbocycles. The molecule has 0 aliphatic rings. The van der Waals surface area contributed by atoms with Gasteiger partial charge in [-0.1, -0.05) is 0 Å². The van der Waals surface area contributed by atoms with Crippen molar-refractivity contribution >= 4 is 30.3 Å². The average Bonchev–Trinajstić information content (AvgIpc) is 2.37. The highest BCUT2D eigenvalue weighted by molar-refractivity contribution is 7.85. The SMILES string of the molecule is Cc1cc[n+](/C(C(=O)OC(C)(C)C)=C(\S)C(=O)OC(C)(C)C)cc1. The van der Waals surface area contributed by atoms with Crippen LogP contribution in [0.4, 0.5) is 0 Å². The molecule has 6 heteroatoms. The van der Waals surface area contributed by atoms with E-state index in [0.29, 0.717) is 0 Å². The van der Waals surface area contributed by atoms with Crippen LogP contribution >= 0.6 is 12.6 Å². The number of carbonyl (C=O) groups excluding carboxylic acids is 2. The summed E-state index contributed by atoms with van der Waals surface area (Å²) in [7, 11) is 0. The second kappa shape index (κ2) is 7.38. The second-order valence-electron chi connectivity index (χ2n) is 7.48. The zero-order valence-corrected chi connectivity index (χ0v) is 16.2. The van der Waals surface area contributed by atoms with Gasteiger partial charge >= 0.3 is 17.6 Å². The van der Waals surface area contributed by atoms with Crippen molar-refractivity contribution in [2.45, 2.75) is 59.7 Å². The Bertz CT molecular complexity index is 649. The summed E-state index contributed by atoms with van der Waals surface area (Å²) in [6, 6.07) is 3.64. The molecule has 1 aromatic rings. The van der Waals surface area contributed by atoms with E-state index in [4.69, 9.17) is 9.47 Å². The maximum atomic E-state index is 12.6. The largest absolute Gasteiger partial charge is 0.456 e. The number of carbonyl (C=O) groups is 2. The van der Waals surface area contributed by atoms with Crippen molar-refractivity contribution in [1.82, 2.24) is 0 Å². The van der Waals surface area contributed by atoms with Crippen molar-refractivity contribution in [2.24, 2.45) is 0 Å². The summed E-state index contributed by atoms with van der Waals surface area (Å²) in [6.45, 7) is 12.4. The third kappa shape index (κ3) is 6.35. The molecule has 1 heterocycles. The van der Waals surface area contributed by atoms with Gasteiger partial charge in [0.05, 0.1) is 0 Å². The van der Waals surface area contributed by atoms with Gasteiger partial charge < -0.3 is 9.47 Å². The fourth-order valence-corrected chi connectivity index (χ4v) is 1.98. The van der Waals surface area contributed by atoms with Crippen molar-refractivity contribution in [3.63, 3.8) is 0 Å². The number of ether oxygens (including phenoxy) is 2. The van der Waals surface area contributed by atoms with Gasteiger partial charge in [-0.25, -0.2) is 9.59 Å². The summed E-state index contributed by atoms with van der Waals surface area (Å²) in [6.07, 6.45) is 3.35. The monoisotopic (exact) mass is 352 g/mol. The van der Waals surface area contributed by atoms with Crippen LogP contribution in [0.3, 0.4) is 0 Å². The van der Waals surface area contributed by atoms with Gasteiger partial charge in [-0.2, -0.15) is 4.57 Å². The van der Waals surface area contributed by atoms with E-state index in [1.807, 2.05) is 19.1 Å². The number of hydrogen-bond donors (Lipinski definition) is 1. The molecule has 0 aliphatic carbocycles. The first-order valence-electron chi connectivity index (χ1n) is 7.68. The molecule has 0 saturated heterocycles. The summed E-state index contributed by atoms with van der Waals surface area (Å²) in [4.78, 5) is 24.8. The molecule has 0 aliphatic heterocycles. The predicted octanol–water partition coefficient (Wildman–Crippen LogP) is 3.06. The van der Waals surface area contributed by atoms with Gasteiger partial charge in [0.25, 0.3) is 0 Å². The zero-order valence-electron chi connectivity index (χ0n) is 15.3. The Balaban J connectivity index is 3.36. The lowest BCUT2D eigenvalue weighted by atomic mass is 10.2. The van der Waals surface area contributed by atoms with E-state index in [-0.39, 0.29) is 10.6 Å². The lowest BCUT2D eigenvalue weighted by Crippen LogP contribution is -2.41. The molecular formula is C18H26NO4S+. The Morgan fingerprint density at radius 1 is 0.917 bits per heavy atom. The number of thiol groups is 1. The van der Waals surface area contributed by atoms with E-state index in [2.05, 4.69) is 12.6 Å². The number of esters is 2. The van der Waals surface area contributed by atoms with Crippen molar-refractivity contribution < 1.29 is 23.6 Å². The minimum absolute atomic E-state index is 0.0162. The van der Waals surface area contributed by atoms with Crippen molar-refractivity contribution in [3.05, 3.63) is 35.0 Å². The van der Waals surface area contributed by atoms with Crippen molar-refractivity contribution in [3.8, 4) is 0 Å². The molecule has 0 unspecified atom stereocenters. The highest BCUT2D eigenvalue weighted by Gasteiger charge is 2.34. The van der Waals surface area contributed by atoms with Gasteiger partial charge in [-0.05, 0) is 54.0 Å². The number of aryl methyl sites for hydroxylation is 1. The van der Waals surface area contributed by atoms with Crippen molar-refractivity contribution in [2.75, 3.05) is 0 Å². The molecule has 0 fully saturated rings. The van der Waals surface area contributed by atoms with E-state index in [1.54, 1.807) is 53.9 Å². The normalized spacial score (nSPS) is 13.2. The van der Waals surface area contributed by atoms with Crippen LogP contribution in [0.25, 0.3) is 5.70 Å². The van der Waals surface area contributed by atoms with Gasteiger partial charge in [-0.15, -0.1) is 12.6 Å². The molecule has 1 aromatic heterocycles. The Morgan fingerprint density at radius 2 is 1.33 bits per heavy atom. The Hall–Kier alpha value is -1.82. The quantitative estimate of drug-likeness (QED) is 0.393. The Kier molecular flexibility index (Phi) is 6.22. The summed E-state index contributed by atoms with van der Waals surface area (Å²) < 4.78 is 12.2. The summed E-state index contributed by atoms with van der Waals surface area (Å²) in [5, 5.41) is 0. The van der Waals surface area contributed by atoms with Crippen LogP contribution in [0.5, 0.6) is 0 Å². The van der Waals surface area contributed by atoms with Crippen LogP contribution < -0.4 is 4.57 Å². The second-order valence-corrected chi connectivity index (χ2v) is 7.93. The Labute approximate surface area is 149 Å². The van der Waals surface area contributed by atoms with E-state index in [0.717, 1.165) is 5.56 Å².